The Hall–Kier alpha value is -2.37. The van der Waals surface area contributed by atoms with Crippen LogP contribution in [0.1, 0.15) is 6.92 Å². The molecular formula is C11H10N2O4. The highest BCUT2D eigenvalue weighted by molar-refractivity contribution is 5.76. The first kappa shape index (κ1) is 11.1. The molecule has 0 spiro atoms. The van der Waals surface area contributed by atoms with Crippen LogP contribution in [-0.4, -0.2) is 23.3 Å². The first-order valence-corrected chi connectivity index (χ1v) is 4.84. The van der Waals surface area contributed by atoms with E-state index in [1.54, 1.807) is 18.2 Å². The number of hydrogen-bond donors (Lipinski definition) is 0. The maximum absolute atomic E-state index is 11.1. The number of carbonyl (C=O) groups is 1. The molecule has 0 atom stereocenters. The molecule has 2 rings (SSSR count). The van der Waals surface area contributed by atoms with E-state index in [4.69, 9.17) is 13.9 Å². The minimum absolute atomic E-state index is 0.264. The number of esters is 1. The molecule has 6 heteroatoms. The predicted molar refractivity (Wildman–Crippen MR) is 57.6 cm³/mol. The summed E-state index contributed by atoms with van der Waals surface area (Å²) in [5.74, 6) is 0.512. The van der Waals surface area contributed by atoms with Crippen molar-refractivity contribution in [3.05, 3.63) is 24.6 Å². The van der Waals surface area contributed by atoms with Gasteiger partial charge in [-0.25, -0.2) is 0 Å². The van der Waals surface area contributed by atoms with Crippen LogP contribution in [0.5, 0.6) is 11.5 Å². The van der Waals surface area contributed by atoms with Crippen LogP contribution in [0.15, 0.2) is 29.0 Å². The summed E-state index contributed by atoms with van der Waals surface area (Å²) < 4.78 is 15.3. The molecule has 0 aliphatic rings. The fraction of sp³-hybridized carbons (Fsp3) is 0.182. The van der Waals surface area contributed by atoms with Crippen LogP contribution in [0.4, 0.5) is 0 Å². The second-order valence-corrected chi connectivity index (χ2v) is 3.17. The molecular weight excluding hydrogens is 224 g/mol. The Morgan fingerprint density at radius 2 is 2.24 bits per heavy atom. The van der Waals surface area contributed by atoms with Crippen molar-refractivity contribution in [1.82, 2.24) is 10.2 Å². The highest BCUT2D eigenvalue weighted by Crippen LogP contribution is 2.37. The molecule has 0 bridgehead atoms. The van der Waals surface area contributed by atoms with Crippen molar-refractivity contribution in [2.75, 3.05) is 7.11 Å². The van der Waals surface area contributed by atoms with Crippen LogP contribution < -0.4 is 9.47 Å². The lowest BCUT2D eigenvalue weighted by Gasteiger charge is -2.10. The summed E-state index contributed by atoms with van der Waals surface area (Å²) in [5, 5.41) is 7.34. The van der Waals surface area contributed by atoms with Crippen molar-refractivity contribution in [2.45, 2.75) is 6.92 Å². The number of benzene rings is 1. The summed E-state index contributed by atoms with van der Waals surface area (Å²) in [6.45, 7) is 1.31. The molecule has 0 fully saturated rings. The van der Waals surface area contributed by atoms with E-state index in [9.17, 15) is 4.79 Å². The second-order valence-electron chi connectivity index (χ2n) is 3.17. The highest BCUT2D eigenvalue weighted by Gasteiger charge is 2.17. The van der Waals surface area contributed by atoms with Crippen molar-refractivity contribution in [3.63, 3.8) is 0 Å². The van der Waals surface area contributed by atoms with Crippen LogP contribution in [0.25, 0.3) is 11.5 Å². The standard InChI is InChI=1S/C11H10N2O4/c1-7(14)17-10-8(11-13-12-6-16-11)4-3-5-9(10)15-2/h3-6H,1-2H3. The van der Waals surface area contributed by atoms with E-state index in [1.807, 2.05) is 0 Å². The zero-order valence-electron chi connectivity index (χ0n) is 9.34. The van der Waals surface area contributed by atoms with Gasteiger partial charge in [0.25, 0.3) is 5.89 Å². The van der Waals surface area contributed by atoms with Gasteiger partial charge in [0.1, 0.15) is 0 Å². The molecule has 6 nitrogen and oxygen atoms in total. The van der Waals surface area contributed by atoms with E-state index < -0.39 is 5.97 Å². The SMILES string of the molecule is COc1cccc(-c2nnco2)c1OC(C)=O. The van der Waals surface area contributed by atoms with Crippen LogP contribution >= 0.6 is 0 Å². The number of nitrogens with zero attached hydrogens (tertiary/aromatic N) is 2. The first-order chi connectivity index (χ1) is 8.22. The smallest absolute Gasteiger partial charge is 0.308 e. The maximum Gasteiger partial charge on any atom is 0.308 e. The first-order valence-electron chi connectivity index (χ1n) is 4.84. The molecule has 2 aromatic rings. The Labute approximate surface area is 97.2 Å². The van der Waals surface area contributed by atoms with Crippen molar-refractivity contribution < 1.29 is 18.7 Å². The lowest BCUT2D eigenvalue weighted by molar-refractivity contribution is -0.131. The predicted octanol–water partition coefficient (Wildman–Crippen LogP) is 1.67. The molecule has 0 aliphatic heterocycles. The van der Waals surface area contributed by atoms with Gasteiger partial charge in [-0.1, -0.05) is 6.07 Å². The fourth-order valence-electron chi connectivity index (χ4n) is 1.38. The molecule has 88 valence electrons. The van der Waals surface area contributed by atoms with Gasteiger partial charge in [-0.05, 0) is 12.1 Å². The zero-order chi connectivity index (χ0) is 12.3. The summed E-state index contributed by atoms with van der Waals surface area (Å²) in [6, 6.07) is 5.12. The van der Waals surface area contributed by atoms with Gasteiger partial charge in [-0.3, -0.25) is 4.79 Å². The topological polar surface area (TPSA) is 74.5 Å². The van der Waals surface area contributed by atoms with Gasteiger partial charge in [0.15, 0.2) is 11.5 Å². The number of aromatic nitrogens is 2. The number of para-hydroxylation sites is 1. The van der Waals surface area contributed by atoms with E-state index in [0.29, 0.717) is 11.3 Å². The molecule has 0 aliphatic carbocycles. The Morgan fingerprint density at radius 3 is 2.82 bits per heavy atom. The van der Waals surface area contributed by atoms with Crippen LogP contribution in [0, 0.1) is 0 Å². The molecule has 1 aromatic heterocycles. The Kier molecular flexibility index (Phi) is 3.04. The van der Waals surface area contributed by atoms with E-state index in [2.05, 4.69) is 10.2 Å². The van der Waals surface area contributed by atoms with Crippen molar-refractivity contribution in [3.8, 4) is 23.0 Å². The summed E-state index contributed by atoms with van der Waals surface area (Å²) in [7, 11) is 1.49. The summed E-state index contributed by atoms with van der Waals surface area (Å²) in [4.78, 5) is 11.1. The van der Waals surface area contributed by atoms with Gasteiger partial charge in [0, 0.05) is 6.92 Å². The van der Waals surface area contributed by atoms with Crippen molar-refractivity contribution in [1.29, 1.82) is 0 Å². The Bertz CT molecular complexity index is 522. The highest BCUT2D eigenvalue weighted by atomic mass is 16.6. The van der Waals surface area contributed by atoms with Crippen molar-refractivity contribution >= 4 is 5.97 Å². The molecule has 1 heterocycles. The lowest BCUT2D eigenvalue weighted by Crippen LogP contribution is -2.04. The molecule has 0 radical (unpaired) electrons. The number of methoxy groups -OCH3 is 1. The molecule has 0 saturated heterocycles. The van der Waals surface area contributed by atoms with Gasteiger partial charge in [0.2, 0.25) is 6.39 Å². The third-order valence-corrected chi connectivity index (χ3v) is 2.04. The van der Waals surface area contributed by atoms with Gasteiger partial charge in [0.05, 0.1) is 12.7 Å². The normalized spacial score (nSPS) is 10.0. The molecule has 0 amide bonds. The van der Waals surface area contributed by atoms with E-state index in [-0.39, 0.29) is 11.6 Å². The number of rotatable bonds is 3. The number of carbonyl (C=O) groups excluding carboxylic acids is 1. The number of hydrogen-bond acceptors (Lipinski definition) is 6. The van der Waals surface area contributed by atoms with Gasteiger partial charge < -0.3 is 13.9 Å². The third kappa shape index (κ3) is 2.25. The lowest BCUT2D eigenvalue weighted by atomic mass is 10.2. The second kappa shape index (κ2) is 4.65. The largest absolute Gasteiger partial charge is 0.493 e. The summed E-state index contributed by atoms with van der Waals surface area (Å²) in [6.07, 6.45) is 1.20. The summed E-state index contributed by atoms with van der Waals surface area (Å²) >= 11 is 0. The van der Waals surface area contributed by atoms with Crippen LogP contribution in [-0.2, 0) is 4.79 Å². The van der Waals surface area contributed by atoms with Gasteiger partial charge >= 0.3 is 5.97 Å². The molecule has 0 N–H and O–H groups in total. The van der Waals surface area contributed by atoms with E-state index in [1.165, 1.54) is 20.4 Å². The van der Waals surface area contributed by atoms with Gasteiger partial charge in [-0.2, -0.15) is 0 Å². The monoisotopic (exact) mass is 234 g/mol. The maximum atomic E-state index is 11.1. The van der Waals surface area contributed by atoms with E-state index >= 15 is 0 Å². The Balaban J connectivity index is 2.54. The summed E-state index contributed by atoms with van der Waals surface area (Å²) in [5.41, 5.74) is 0.511. The minimum Gasteiger partial charge on any atom is -0.493 e. The molecule has 0 unspecified atom stereocenters. The third-order valence-electron chi connectivity index (χ3n) is 2.04. The quantitative estimate of drug-likeness (QED) is 0.594. The van der Waals surface area contributed by atoms with Gasteiger partial charge in [-0.15, -0.1) is 10.2 Å². The molecule has 1 aromatic carbocycles. The van der Waals surface area contributed by atoms with E-state index in [0.717, 1.165) is 0 Å². The zero-order valence-corrected chi connectivity index (χ0v) is 9.34. The average molecular weight is 234 g/mol. The average Bonchev–Trinajstić information content (AvgIpc) is 2.82. The molecule has 0 saturated carbocycles. The molecule has 17 heavy (non-hydrogen) atoms. The minimum atomic E-state index is -0.449. The van der Waals surface area contributed by atoms with Crippen molar-refractivity contribution in [2.24, 2.45) is 0 Å². The van der Waals surface area contributed by atoms with Crippen LogP contribution in [0.3, 0.4) is 0 Å². The number of ether oxygens (including phenoxy) is 2. The Morgan fingerprint density at radius 1 is 1.41 bits per heavy atom. The van der Waals surface area contributed by atoms with Crippen LogP contribution in [0.2, 0.25) is 0 Å². The fourth-order valence-corrected chi connectivity index (χ4v) is 1.38.